The van der Waals surface area contributed by atoms with Crippen LogP contribution in [-0.4, -0.2) is 45.7 Å². The molecule has 2 heterocycles. The molecule has 6 nitrogen and oxygen atoms in total. The molecule has 2 aliphatic heterocycles. The number of benzene rings is 1. The molecule has 1 aromatic rings. The van der Waals surface area contributed by atoms with Crippen molar-refractivity contribution < 1.29 is 9.90 Å². The SMILES string of the molecule is C=CC(Cl)C/C=C/C1=NC2C=CC(NNC3CSc4ccccc4C3)=CC(=C2)N=C1CCCCC(=O)O. The molecule has 4 rings (SSSR count). The van der Waals surface area contributed by atoms with E-state index in [4.69, 9.17) is 26.7 Å². The van der Waals surface area contributed by atoms with Crippen molar-refractivity contribution in [1.29, 1.82) is 0 Å². The lowest BCUT2D eigenvalue weighted by Crippen LogP contribution is -2.43. The molecule has 1 aromatic carbocycles. The maximum absolute atomic E-state index is 10.9. The van der Waals surface area contributed by atoms with Gasteiger partial charge in [0.25, 0.3) is 0 Å². The molecule has 3 aliphatic rings. The van der Waals surface area contributed by atoms with Crippen LogP contribution in [0.2, 0.25) is 0 Å². The number of alkyl halides is 1. The van der Waals surface area contributed by atoms with Crippen molar-refractivity contribution >= 4 is 40.8 Å². The van der Waals surface area contributed by atoms with Crippen LogP contribution in [0.1, 0.15) is 37.7 Å². The van der Waals surface area contributed by atoms with Gasteiger partial charge in [0.15, 0.2) is 0 Å². The summed E-state index contributed by atoms with van der Waals surface area (Å²) in [7, 11) is 0. The highest BCUT2D eigenvalue weighted by Gasteiger charge is 2.20. The van der Waals surface area contributed by atoms with Crippen LogP contribution in [0.4, 0.5) is 0 Å². The predicted molar refractivity (Wildman–Crippen MR) is 155 cm³/mol. The van der Waals surface area contributed by atoms with Crippen LogP contribution < -0.4 is 10.9 Å². The maximum atomic E-state index is 10.9. The molecule has 3 atom stereocenters. The Morgan fingerprint density at radius 2 is 2.19 bits per heavy atom. The lowest BCUT2D eigenvalue weighted by Gasteiger charge is -2.25. The van der Waals surface area contributed by atoms with Crippen LogP contribution >= 0.6 is 23.4 Å². The Kier molecular flexibility index (Phi) is 9.99. The third kappa shape index (κ3) is 8.32. The minimum Gasteiger partial charge on any atom is -0.481 e. The number of nitrogens with zero attached hydrogens (tertiary/aromatic N) is 2. The molecule has 0 aromatic heterocycles. The second kappa shape index (κ2) is 13.6. The van der Waals surface area contributed by atoms with Gasteiger partial charge < -0.3 is 10.5 Å². The number of carbonyl (C=O) groups is 1. The number of thioether (sulfide) groups is 1. The first-order chi connectivity index (χ1) is 18.0. The summed E-state index contributed by atoms with van der Waals surface area (Å²) in [6.45, 7) is 3.73. The number of carboxylic acid groups (broad SMARTS) is 1. The summed E-state index contributed by atoms with van der Waals surface area (Å²) in [6.07, 6.45) is 17.6. The lowest BCUT2D eigenvalue weighted by atomic mass is 10.1. The fourth-order valence-electron chi connectivity index (χ4n) is 4.27. The number of aliphatic imine (C=N–C) groups is 2. The molecule has 194 valence electrons. The van der Waals surface area contributed by atoms with Gasteiger partial charge in [0.05, 0.1) is 34.2 Å². The van der Waals surface area contributed by atoms with Gasteiger partial charge in [-0.2, -0.15) is 0 Å². The molecule has 37 heavy (non-hydrogen) atoms. The number of unbranched alkanes of at least 4 members (excludes halogenated alkanes) is 1. The fourth-order valence-corrected chi connectivity index (χ4v) is 5.46. The van der Waals surface area contributed by atoms with Crippen molar-refractivity contribution in [2.75, 3.05) is 5.75 Å². The minimum absolute atomic E-state index is 0.137. The Hall–Kier alpha value is -2.87. The molecule has 1 aliphatic carbocycles. The van der Waals surface area contributed by atoms with Crippen molar-refractivity contribution in [1.82, 2.24) is 10.9 Å². The predicted octanol–water partition coefficient (Wildman–Crippen LogP) is 5.78. The van der Waals surface area contributed by atoms with Crippen LogP contribution in [0.25, 0.3) is 0 Å². The number of hydrazine groups is 1. The van der Waals surface area contributed by atoms with Gasteiger partial charge in [-0.15, -0.1) is 29.9 Å². The van der Waals surface area contributed by atoms with Crippen molar-refractivity contribution in [2.45, 2.75) is 60.9 Å². The summed E-state index contributed by atoms with van der Waals surface area (Å²) in [5, 5.41) is 8.85. The zero-order valence-electron chi connectivity index (χ0n) is 20.8. The van der Waals surface area contributed by atoms with E-state index in [0.717, 1.165) is 41.4 Å². The molecule has 0 saturated heterocycles. The standard InChI is InChI=1S/C29H33ClN4O2S/c1-2-21(30)9-7-11-27-26(10-4-6-13-29(35)36)32-24-17-22(31-27)14-15-23(18-24)33-34-25-16-20-8-3-5-12-28(20)37-19-25/h2-3,5,7-8,11-12,14-15,17-18,21-22,25,33-34H,1,4,6,9-10,13,16,19H2,(H,35,36)/b11-7+. The third-order valence-corrected chi connectivity index (χ3v) is 7.85. The Morgan fingerprint density at radius 1 is 1.32 bits per heavy atom. The van der Waals surface area contributed by atoms with Crippen LogP contribution in [0.5, 0.6) is 0 Å². The highest BCUT2D eigenvalue weighted by Crippen LogP contribution is 2.29. The van der Waals surface area contributed by atoms with E-state index < -0.39 is 5.97 Å². The second-order valence-corrected chi connectivity index (χ2v) is 10.8. The molecule has 3 N–H and O–H groups in total. The zero-order chi connectivity index (χ0) is 26.0. The van der Waals surface area contributed by atoms with Crippen molar-refractivity contribution in [3.05, 3.63) is 90.3 Å². The number of nitrogens with one attached hydrogen (secondary N) is 2. The highest BCUT2D eigenvalue weighted by molar-refractivity contribution is 7.99. The average Bonchev–Trinajstić information content (AvgIpc) is 3.19. The monoisotopic (exact) mass is 536 g/mol. The summed E-state index contributed by atoms with van der Waals surface area (Å²) in [5.74, 6) is 0.223. The summed E-state index contributed by atoms with van der Waals surface area (Å²) in [5.41, 5.74) is 11.7. The van der Waals surface area contributed by atoms with E-state index in [0.29, 0.717) is 25.3 Å². The van der Waals surface area contributed by atoms with E-state index in [1.165, 1.54) is 10.5 Å². The normalized spacial score (nSPS) is 21.5. The van der Waals surface area contributed by atoms with Crippen molar-refractivity contribution in [2.24, 2.45) is 9.98 Å². The summed E-state index contributed by atoms with van der Waals surface area (Å²) in [4.78, 5) is 22.2. The summed E-state index contributed by atoms with van der Waals surface area (Å²) < 4.78 is 0. The molecule has 0 fully saturated rings. The summed E-state index contributed by atoms with van der Waals surface area (Å²) >= 11 is 8.06. The van der Waals surface area contributed by atoms with E-state index in [1.807, 2.05) is 42.1 Å². The average molecular weight is 537 g/mol. The van der Waals surface area contributed by atoms with Gasteiger partial charge in [-0.3, -0.25) is 14.8 Å². The lowest BCUT2D eigenvalue weighted by molar-refractivity contribution is -0.137. The molecule has 2 bridgehead atoms. The first-order valence-corrected chi connectivity index (χ1v) is 14.1. The molecule has 0 amide bonds. The molecule has 3 unspecified atom stereocenters. The number of rotatable bonds is 12. The zero-order valence-corrected chi connectivity index (χ0v) is 22.3. The number of halogens is 1. The van der Waals surface area contributed by atoms with Gasteiger partial charge in [-0.25, -0.2) is 5.43 Å². The molecule has 8 heteroatoms. The Labute approximate surface area is 228 Å². The number of carboxylic acids is 1. The van der Waals surface area contributed by atoms with Gasteiger partial charge in [-0.05, 0) is 68.0 Å². The number of aliphatic carboxylic acids is 1. The van der Waals surface area contributed by atoms with Crippen molar-refractivity contribution in [3.8, 4) is 0 Å². The van der Waals surface area contributed by atoms with Gasteiger partial charge >= 0.3 is 5.97 Å². The number of allylic oxidation sites excluding steroid dienone is 5. The topological polar surface area (TPSA) is 86.1 Å². The maximum Gasteiger partial charge on any atom is 0.303 e. The quantitative estimate of drug-likeness (QED) is 0.136. The number of hydrogen-bond donors (Lipinski definition) is 3. The van der Waals surface area contributed by atoms with Crippen LogP contribution in [0, 0.1) is 0 Å². The number of hydrogen-bond acceptors (Lipinski definition) is 6. The van der Waals surface area contributed by atoms with E-state index in [2.05, 4.69) is 47.8 Å². The minimum atomic E-state index is -0.777. The van der Waals surface area contributed by atoms with Gasteiger partial charge in [0, 0.05) is 23.1 Å². The van der Waals surface area contributed by atoms with Gasteiger partial charge in [0.2, 0.25) is 0 Å². The van der Waals surface area contributed by atoms with Gasteiger partial charge in [-0.1, -0.05) is 36.4 Å². The highest BCUT2D eigenvalue weighted by atomic mass is 35.5. The largest absolute Gasteiger partial charge is 0.481 e. The van der Waals surface area contributed by atoms with Crippen LogP contribution in [0.3, 0.4) is 0 Å². The number of fused-ring (bicyclic) bond motifs is 2. The molecule has 0 radical (unpaired) electrons. The first-order valence-electron chi connectivity index (χ1n) is 12.6. The fraction of sp³-hybridized carbons (Fsp3) is 0.345. The molecule has 0 saturated carbocycles. The second-order valence-electron chi connectivity index (χ2n) is 9.19. The smallest absolute Gasteiger partial charge is 0.303 e. The van der Waals surface area contributed by atoms with Crippen LogP contribution in [-0.2, 0) is 11.2 Å². The molecular weight excluding hydrogens is 504 g/mol. The third-order valence-electron chi connectivity index (χ3n) is 6.21. The van der Waals surface area contributed by atoms with Crippen molar-refractivity contribution in [3.63, 3.8) is 0 Å². The van der Waals surface area contributed by atoms with E-state index in [1.54, 1.807) is 6.08 Å². The van der Waals surface area contributed by atoms with E-state index in [9.17, 15) is 4.79 Å². The molecular formula is C29H33ClN4O2S. The Morgan fingerprint density at radius 3 is 3.03 bits per heavy atom. The van der Waals surface area contributed by atoms with Crippen LogP contribution in [0.15, 0.2) is 99.7 Å². The Bertz CT molecular complexity index is 1180. The molecule has 0 spiro atoms. The van der Waals surface area contributed by atoms with Gasteiger partial charge in [0.1, 0.15) is 0 Å². The van der Waals surface area contributed by atoms with E-state index >= 15 is 0 Å². The summed E-state index contributed by atoms with van der Waals surface area (Å²) in [6, 6.07) is 8.74. The van der Waals surface area contributed by atoms with E-state index in [-0.39, 0.29) is 17.8 Å². The first kappa shape index (κ1) is 27.2. The Balaban J connectivity index is 1.45.